The van der Waals surface area contributed by atoms with Crippen molar-refractivity contribution in [3.05, 3.63) is 63.8 Å². The van der Waals surface area contributed by atoms with Gasteiger partial charge in [0.25, 0.3) is 11.8 Å². The molecule has 0 spiro atoms. The van der Waals surface area contributed by atoms with Gasteiger partial charge in [-0.05, 0) is 77.6 Å². The van der Waals surface area contributed by atoms with Crippen LogP contribution in [0.5, 0.6) is 17.2 Å². The van der Waals surface area contributed by atoms with Gasteiger partial charge in [-0.1, -0.05) is 18.7 Å². The van der Waals surface area contributed by atoms with Crippen LogP contribution in [0.2, 0.25) is 0 Å². The van der Waals surface area contributed by atoms with Crippen molar-refractivity contribution in [3.8, 4) is 17.2 Å². The number of hydrogen-bond acceptors (Lipinski definition) is 6. The van der Waals surface area contributed by atoms with E-state index in [1.807, 2.05) is 6.92 Å². The number of thiocarbonyl (C=S) groups is 1. The highest BCUT2D eigenvalue weighted by molar-refractivity contribution is 14.1. The molecular weight excluding hydrogens is 543 g/mol. The van der Waals surface area contributed by atoms with E-state index < -0.39 is 11.8 Å². The molecule has 32 heavy (non-hydrogen) atoms. The molecule has 166 valence electrons. The number of hydrogen-bond donors (Lipinski definition) is 1. The molecule has 3 rings (SSSR count). The first-order chi connectivity index (χ1) is 15.4. The van der Waals surface area contributed by atoms with Gasteiger partial charge in [-0.3, -0.25) is 19.8 Å². The van der Waals surface area contributed by atoms with Crippen LogP contribution >= 0.6 is 34.8 Å². The number of ether oxygens (including phenoxy) is 3. The number of anilines is 1. The first-order valence-corrected chi connectivity index (χ1v) is 11.1. The molecule has 0 bridgehead atoms. The molecule has 1 N–H and O–H groups in total. The van der Waals surface area contributed by atoms with Crippen LogP contribution in [0.1, 0.15) is 12.5 Å². The Morgan fingerprint density at radius 3 is 2.69 bits per heavy atom. The largest absolute Gasteiger partial charge is 0.494 e. The van der Waals surface area contributed by atoms with Gasteiger partial charge in [0, 0.05) is 6.07 Å². The highest BCUT2D eigenvalue weighted by atomic mass is 127. The molecule has 0 saturated carbocycles. The Morgan fingerprint density at radius 2 is 2.00 bits per heavy atom. The first kappa shape index (κ1) is 23.7. The van der Waals surface area contributed by atoms with Gasteiger partial charge >= 0.3 is 0 Å². The van der Waals surface area contributed by atoms with Crippen LogP contribution in [0.15, 0.2) is 54.6 Å². The summed E-state index contributed by atoms with van der Waals surface area (Å²) in [4.78, 5) is 27.1. The Labute approximate surface area is 205 Å². The van der Waals surface area contributed by atoms with Crippen molar-refractivity contribution < 1.29 is 23.8 Å². The van der Waals surface area contributed by atoms with Crippen LogP contribution in [0.25, 0.3) is 6.08 Å². The summed E-state index contributed by atoms with van der Waals surface area (Å²) in [5.74, 6) is 0.528. The molecule has 2 aromatic rings. The maximum atomic E-state index is 13.3. The van der Waals surface area contributed by atoms with Gasteiger partial charge < -0.3 is 14.2 Å². The van der Waals surface area contributed by atoms with Crippen molar-refractivity contribution in [2.75, 3.05) is 25.2 Å². The number of amides is 2. The quantitative estimate of drug-likeness (QED) is 0.171. The number of carbonyl (C=O) groups excluding carboxylic acids is 2. The molecule has 1 saturated heterocycles. The number of halogens is 1. The maximum Gasteiger partial charge on any atom is 0.270 e. The lowest BCUT2D eigenvalue weighted by atomic mass is 10.1. The third-order valence-corrected chi connectivity index (χ3v) is 5.48. The minimum absolute atomic E-state index is 0.00568. The smallest absolute Gasteiger partial charge is 0.270 e. The fourth-order valence-electron chi connectivity index (χ4n) is 3.04. The Kier molecular flexibility index (Phi) is 7.86. The van der Waals surface area contributed by atoms with Crippen LogP contribution in [-0.2, 0) is 9.59 Å². The average Bonchev–Trinajstić information content (AvgIpc) is 2.76. The third-order valence-electron chi connectivity index (χ3n) is 4.40. The summed E-state index contributed by atoms with van der Waals surface area (Å²) in [6.45, 7) is 6.32. The lowest BCUT2D eigenvalue weighted by Gasteiger charge is -2.29. The van der Waals surface area contributed by atoms with E-state index in [0.29, 0.717) is 41.7 Å². The van der Waals surface area contributed by atoms with Gasteiger partial charge in [-0.25, -0.2) is 0 Å². The van der Waals surface area contributed by atoms with Crippen LogP contribution in [-0.4, -0.2) is 37.3 Å². The predicted octanol–water partition coefficient (Wildman–Crippen LogP) is 4.09. The van der Waals surface area contributed by atoms with Crippen LogP contribution in [0, 0.1) is 3.57 Å². The molecule has 9 heteroatoms. The van der Waals surface area contributed by atoms with Crippen LogP contribution < -0.4 is 24.4 Å². The third kappa shape index (κ3) is 5.10. The van der Waals surface area contributed by atoms with E-state index in [1.165, 1.54) is 18.1 Å². The van der Waals surface area contributed by atoms with Crippen LogP contribution in [0.3, 0.4) is 0 Å². The summed E-state index contributed by atoms with van der Waals surface area (Å²) in [5.41, 5.74) is 1.04. The number of rotatable bonds is 8. The Morgan fingerprint density at radius 1 is 1.22 bits per heavy atom. The molecule has 1 aliphatic rings. The lowest BCUT2D eigenvalue weighted by molar-refractivity contribution is -0.122. The molecule has 0 atom stereocenters. The zero-order chi connectivity index (χ0) is 23.3. The number of carbonyl (C=O) groups is 2. The number of methoxy groups -OCH3 is 1. The molecule has 0 aromatic heterocycles. The predicted molar refractivity (Wildman–Crippen MR) is 135 cm³/mol. The average molecular weight is 564 g/mol. The van der Waals surface area contributed by atoms with Gasteiger partial charge in [-0.2, -0.15) is 0 Å². The zero-order valence-corrected chi connectivity index (χ0v) is 20.5. The lowest BCUT2D eigenvalue weighted by Crippen LogP contribution is -2.54. The fraction of sp³-hybridized carbons (Fsp3) is 0.174. The molecule has 1 fully saturated rings. The van der Waals surface area contributed by atoms with Crippen molar-refractivity contribution in [1.82, 2.24) is 5.32 Å². The fourth-order valence-corrected chi connectivity index (χ4v) is 4.11. The van der Waals surface area contributed by atoms with E-state index in [0.717, 1.165) is 3.57 Å². The molecule has 2 amide bonds. The maximum absolute atomic E-state index is 13.3. The molecule has 7 nitrogen and oxygen atoms in total. The molecule has 0 unspecified atom stereocenters. The summed E-state index contributed by atoms with van der Waals surface area (Å²) >= 11 is 7.37. The molecule has 1 heterocycles. The monoisotopic (exact) mass is 564 g/mol. The van der Waals surface area contributed by atoms with Gasteiger partial charge in [0.05, 0.1) is 23.0 Å². The van der Waals surface area contributed by atoms with Crippen molar-refractivity contribution in [2.45, 2.75) is 6.92 Å². The van der Waals surface area contributed by atoms with E-state index in [2.05, 4.69) is 34.5 Å². The number of benzene rings is 2. The van der Waals surface area contributed by atoms with E-state index >= 15 is 0 Å². The molecular formula is C23H21IN2O5S. The Bertz CT molecular complexity index is 1120. The highest BCUT2D eigenvalue weighted by Gasteiger charge is 2.34. The summed E-state index contributed by atoms with van der Waals surface area (Å²) < 4.78 is 17.4. The minimum Gasteiger partial charge on any atom is -0.494 e. The second-order valence-corrected chi connectivity index (χ2v) is 8.07. The van der Waals surface area contributed by atoms with Crippen molar-refractivity contribution in [3.63, 3.8) is 0 Å². The van der Waals surface area contributed by atoms with Crippen LogP contribution in [0.4, 0.5) is 5.69 Å². The topological polar surface area (TPSA) is 77.1 Å². The minimum atomic E-state index is -0.571. The second kappa shape index (κ2) is 10.6. The van der Waals surface area contributed by atoms with Gasteiger partial charge in [0.2, 0.25) is 0 Å². The van der Waals surface area contributed by atoms with E-state index in [-0.39, 0.29) is 10.7 Å². The molecule has 0 radical (unpaired) electrons. The van der Waals surface area contributed by atoms with Crippen molar-refractivity contribution in [1.29, 1.82) is 0 Å². The van der Waals surface area contributed by atoms with E-state index in [1.54, 1.807) is 42.5 Å². The van der Waals surface area contributed by atoms with Gasteiger partial charge in [-0.15, -0.1) is 0 Å². The zero-order valence-electron chi connectivity index (χ0n) is 17.5. The van der Waals surface area contributed by atoms with Gasteiger partial charge in [0.1, 0.15) is 17.9 Å². The normalized spacial score (nSPS) is 14.9. The Hall–Kier alpha value is -2.92. The summed E-state index contributed by atoms with van der Waals surface area (Å²) in [7, 11) is 1.52. The van der Waals surface area contributed by atoms with Crippen molar-refractivity contribution in [2.24, 2.45) is 0 Å². The summed E-state index contributed by atoms with van der Waals surface area (Å²) in [6, 6.07) is 10.4. The molecule has 1 aliphatic heterocycles. The highest BCUT2D eigenvalue weighted by Crippen LogP contribution is 2.35. The standard InChI is InChI=1S/C23H21IN2O5S/c1-4-9-31-20-18(24)11-14(12-19(20)29-3)10-17-21(27)25-23(32)26(22(17)28)15-7-6-8-16(13-15)30-5-2/h4,6-8,10-13H,1,5,9H2,2-3H3,(H,25,27,32). The van der Waals surface area contributed by atoms with Crippen molar-refractivity contribution >= 4 is 63.5 Å². The Balaban J connectivity index is 2.00. The number of nitrogens with one attached hydrogen (secondary N) is 1. The van der Waals surface area contributed by atoms with E-state index in [4.69, 9.17) is 26.4 Å². The molecule has 0 aliphatic carbocycles. The molecule has 2 aromatic carbocycles. The first-order valence-electron chi connectivity index (χ1n) is 9.65. The van der Waals surface area contributed by atoms with E-state index in [9.17, 15) is 9.59 Å². The van der Waals surface area contributed by atoms with Gasteiger partial charge in [0.15, 0.2) is 16.6 Å². The summed E-state index contributed by atoms with van der Waals surface area (Å²) in [6.07, 6.45) is 3.13. The second-order valence-electron chi connectivity index (χ2n) is 6.52. The SMILES string of the molecule is C=CCOc1c(I)cc(C=C2C(=O)NC(=S)N(c3cccc(OCC)c3)C2=O)cc1OC. The number of nitrogens with zero attached hydrogens (tertiary/aromatic N) is 1. The summed E-state index contributed by atoms with van der Waals surface area (Å²) in [5, 5.41) is 2.59.